The molecule has 2 heterocycles. The Balaban J connectivity index is 0.000000451. The van der Waals surface area contributed by atoms with Gasteiger partial charge in [0.05, 0.1) is 25.9 Å². The van der Waals surface area contributed by atoms with E-state index in [-0.39, 0.29) is 17.6 Å². The third-order valence-electron chi connectivity index (χ3n) is 5.36. The molecule has 180 valence electrons. The van der Waals surface area contributed by atoms with Crippen LogP contribution in [0.3, 0.4) is 0 Å². The normalized spacial score (nSPS) is 23.4. The zero-order valence-corrected chi connectivity index (χ0v) is 18.6. The summed E-state index contributed by atoms with van der Waals surface area (Å²) in [4.78, 5) is 22.5. The van der Waals surface area contributed by atoms with Crippen LogP contribution in [0.2, 0.25) is 0 Å². The van der Waals surface area contributed by atoms with Crippen LogP contribution >= 0.6 is 0 Å². The number of ether oxygens (including phenoxy) is 2. The van der Waals surface area contributed by atoms with Crippen molar-refractivity contribution >= 4 is 11.9 Å². The number of carboxylic acid groups (broad SMARTS) is 1. The van der Waals surface area contributed by atoms with E-state index in [2.05, 4.69) is 37.4 Å². The number of carbonyl (C=O) groups is 2. The zero-order valence-electron chi connectivity index (χ0n) is 18.6. The minimum atomic E-state index is -5.08. The monoisotopic (exact) mass is 460 g/mol. The Labute approximate surface area is 185 Å². The van der Waals surface area contributed by atoms with Crippen LogP contribution in [-0.4, -0.2) is 72.6 Å². The number of hydrogen-bond acceptors (Lipinski definition) is 5. The van der Waals surface area contributed by atoms with Crippen LogP contribution in [0.4, 0.5) is 13.2 Å². The van der Waals surface area contributed by atoms with Crippen LogP contribution < -0.4 is 5.32 Å². The van der Waals surface area contributed by atoms with Crippen LogP contribution in [0, 0.1) is 13.8 Å². The number of halogens is 3. The summed E-state index contributed by atoms with van der Waals surface area (Å²) in [5.41, 5.74) is 3.58. The van der Waals surface area contributed by atoms with Gasteiger partial charge < -0.3 is 24.8 Å². The van der Waals surface area contributed by atoms with E-state index in [0.29, 0.717) is 26.3 Å². The fourth-order valence-corrected chi connectivity index (χ4v) is 3.98. The highest BCUT2D eigenvalue weighted by atomic mass is 19.4. The van der Waals surface area contributed by atoms with Crippen LogP contribution in [0.5, 0.6) is 0 Å². The number of benzene rings is 1. The van der Waals surface area contributed by atoms with E-state index in [0.717, 1.165) is 25.9 Å². The largest absolute Gasteiger partial charge is 0.490 e. The van der Waals surface area contributed by atoms with Gasteiger partial charge in [-0.05, 0) is 32.3 Å². The highest BCUT2D eigenvalue weighted by molar-refractivity contribution is 5.73. The number of nitrogens with zero attached hydrogens (tertiary/aromatic N) is 1. The minimum absolute atomic E-state index is 0.102. The Morgan fingerprint density at radius 2 is 1.88 bits per heavy atom. The lowest BCUT2D eigenvalue weighted by Crippen LogP contribution is -2.46. The highest BCUT2D eigenvalue weighted by Crippen LogP contribution is 2.33. The molecule has 0 bridgehead atoms. The number of amides is 1. The van der Waals surface area contributed by atoms with Crippen LogP contribution in [-0.2, 0) is 25.6 Å². The number of alkyl halides is 3. The molecule has 1 aromatic rings. The van der Waals surface area contributed by atoms with E-state index in [1.165, 1.54) is 16.7 Å². The summed E-state index contributed by atoms with van der Waals surface area (Å²) >= 11 is 0. The summed E-state index contributed by atoms with van der Waals surface area (Å²) in [6.45, 7) is 10.1. The molecule has 1 amide bonds. The van der Waals surface area contributed by atoms with Gasteiger partial charge in [0.2, 0.25) is 5.91 Å². The number of aryl methyl sites for hydroxylation is 2. The molecule has 2 aliphatic rings. The Kier molecular flexibility index (Phi) is 9.06. The molecule has 32 heavy (non-hydrogen) atoms. The molecule has 3 rings (SSSR count). The Bertz CT molecular complexity index is 782. The molecule has 2 aliphatic heterocycles. The maximum Gasteiger partial charge on any atom is 0.490 e. The average molecular weight is 460 g/mol. The number of aliphatic carboxylic acids is 1. The molecule has 2 saturated heterocycles. The maximum atomic E-state index is 11.8. The predicted octanol–water partition coefficient (Wildman–Crippen LogP) is 2.82. The summed E-state index contributed by atoms with van der Waals surface area (Å²) in [5.74, 6) is -2.66. The highest BCUT2D eigenvalue weighted by Gasteiger charge is 2.43. The molecule has 1 aromatic carbocycles. The van der Waals surface area contributed by atoms with Gasteiger partial charge in [0.25, 0.3) is 0 Å². The second kappa shape index (κ2) is 11.1. The number of carboxylic acids is 1. The van der Waals surface area contributed by atoms with Crippen LogP contribution in [0.25, 0.3) is 0 Å². The quantitative estimate of drug-likeness (QED) is 0.719. The molecule has 0 saturated carbocycles. The van der Waals surface area contributed by atoms with E-state index in [9.17, 15) is 18.0 Å². The van der Waals surface area contributed by atoms with Crippen molar-refractivity contribution in [3.8, 4) is 0 Å². The van der Waals surface area contributed by atoms with Crippen LogP contribution in [0.15, 0.2) is 18.2 Å². The van der Waals surface area contributed by atoms with E-state index >= 15 is 0 Å². The lowest BCUT2D eigenvalue weighted by molar-refractivity contribution is -0.192. The van der Waals surface area contributed by atoms with Crippen molar-refractivity contribution in [3.05, 3.63) is 34.9 Å². The van der Waals surface area contributed by atoms with E-state index < -0.39 is 12.1 Å². The molecule has 0 aromatic heterocycles. The second-order valence-electron chi connectivity index (χ2n) is 8.38. The van der Waals surface area contributed by atoms with E-state index in [1.807, 2.05) is 4.90 Å². The topological polar surface area (TPSA) is 88.1 Å². The standard InChI is InChI=1S/C20H30N2O3.C2HF3O2/c1-15-8-16(2)10-18(9-15)11-21-12-19-4-5-20(25-19)13-22(17(3)23)6-7-24-14-20;3-2(4,5)1(6)7/h8-10,19,21H,4-7,11-14H2,1-3H3;(H,6,7)/t19-,20+;/m1./s1. The molecule has 1 spiro atoms. The zero-order chi connectivity index (χ0) is 23.9. The fourth-order valence-electron chi connectivity index (χ4n) is 3.98. The van der Waals surface area contributed by atoms with E-state index in [1.54, 1.807) is 6.92 Å². The lowest BCUT2D eigenvalue weighted by Gasteiger charge is -2.31. The van der Waals surface area contributed by atoms with Crippen molar-refractivity contribution in [3.63, 3.8) is 0 Å². The molecule has 0 aliphatic carbocycles. The predicted molar refractivity (Wildman–Crippen MR) is 111 cm³/mol. The number of carbonyl (C=O) groups excluding carboxylic acids is 1. The minimum Gasteiger partial charge on any atom is -0.475 e. The summed E-state index contributed by atoms with van der Waals surface area (Å²) in [6.07, 6.45) is -2.94. The van der Waals surface area contributed by atoms with Gasteiger partial charge in [-0.1, -0.05) is 29.3 Å². The first kappa shape index (κ1) is 26.1. The van der Waals surface area contributed by atoms with Gasteiger partial charge in [-0.2, -0.15) is 13.2 Å². The Morgan fingerprint density at radius 1 is 1.25 bits per heavy atom. The van der Waals surface area contributed by atoms with Gasteiger partial charge in [0, 0.05) is 26.6 Å². The van der Waals surface area contributed by atoms with Crippen molar-refractivity contribution in [2.24, 2.45) is 0 Å². The van der Waals surface area contributed by atoms with Crippen LogP contribution in [0.1, 0.15) is 36.5 Å². The molecule has 2 N–H and O–H groups in total. The number of rotatable bonds is 4. The van der Waals surface area contributed by atoms with Gasteiger partial charge in [0.15, 0.2) is 0 Å². The maximum absolute atomic E-state index is 11.8. The summed E-state index contributed by atoms with van der Waals surface area (Å²) in [7, 11) is 0. The smallest absolute Gasteiger partial charge is 0.475 e. The molecule has 2 atom stereocenters. The fraction of sp³-hybridized carbons (Fsp3) is 0.636. The third-order valence-corrected chi connectivity index (χ3v) is 5.36. The summed E-state index contributed by atoms with van der Waals surface area (Å²) in [6, 6.07) is 6.64. The van der Waals surface area contributed by atoms with Crippen molar-refractivity contribution in [1.29, 1.82) is 0 Å². The van der Waals surface area contributed by atoms with Crippen molar-refractivity contribution < 1.29 is 37.3 Å². The average Bonchev–Trinajstić information content (AvgIpc) is 2.93. The number of hydrogen-bond donors (Lipinski definition) is 2. The molecule has 0 unspecified atom stereocenters. The van der Waals surface area contributed by atoms with Gasteiger partial charge in [-0.15, -0.1) is 0 Å². The summed E-state index contributed by atoms with van der Waals surface area (Å²) < 4.78 is 43.8. The molecule has 10 heteroatoms. The van der Waals surface area contributed by atoms with Gasteiger partial charge in [0.1, 0.15) is 5.60 Å². The third kappa shape index (κ3) is 8.07. The Hall–Kier alpha value is -2.17. The second-order valence-corrected chi connectivity index (χ2v) is 8.38. The van der Waals surface area contributed by atoms with Crippen molar-refractivity contribution in [1.82, 2.24) is 10.2 Å². The van der Waals surface area contributed by atoms with Crippen molar-refractivity contribution in [2.75, 3.05) is 32.8 Å². The first-order valence-electron chi connectivity index (χ1n) is 10.5. The SMILES string of the molecule is CC(=O)N1CCOC[C@]2(CC[C@H](CNCc3cc(C)cc(C)c3)O2)C1.O=C(O)C(F)(F)F. The van der Waals surface area contributed by atoms with Gasteiger partial charge in [-0.3, -0.25) is 4.79 Å². The first-order valence-corrected chi connectivity index (χ1v) is 10.5. The molecule has 0 radical (unpaired) electrons. The van der Waals surface area contributed by atoms with E-state index in [4.69, 9.17) is 19.4 Å². The lowest BCUT2D eigenvalue weighted by atomic mass is 10.00. The molecule has 7 nitrogen and oxygen atoms in total. The van der Waals surface area contributed by atoms with Crippen molar-refractivity contribution in [2.45, 2.75) is 58.0 Å². The Morgan fingerprint density at radius 3 is 2.44 bits per heavy atom. The first-order chi connectivity index (χ1) is 14.9. The van der Waals surface area contributed by atoms with Gasteiger partial charge in [-0.25, -0.2) is 4.79 Å². The molecule has 2 fully saturated rings. The molecular weight excluding hydrogens is 429 g/mol. The molecular formula is C22H31F3N2O5. The summed E-state index contributed by atoms with van der Waals surface area (Å²) in [5, 5.41) is 10.6. The van der Waals surface area contributed by atoms with Gasteiger partial charge >= 0.3 is 12.1 Å². The number of nitrogens with one attached hydrogen (secondary N) is 1.